The second kappa shape index (κ2) is 9.36. The van der Waals surface area contributed by atoms with Gasteiger partial charge in [-0.15, -0.1) is 32.9 Å². The Hall–Kier alpha value is -2.17. The van der Waals surface area contributed by atoms with Gasteiger partial charge in [-0.2, -0.15) is 0 Å². The molecule has 32 heavy (non-hydrogen) atoms. The molecule has 0 radical (unpaired) electrons. The van der Waals surface area contributed by atoms with E-state index in [1.54, 1.807) is 11.3 Å². The zero-order valence-electron chi connectivity index (χ0n) is 17.8. The number of nitrogens with one attached hydrogen (secondary N) is 1. The van der Waals surface area contributed by atoms with Crippen LogP contribution in [0, 0.1) is 0 Å². The first-order valence-corrected chi connectivity index (χ1v) is 13.4. The molecule has 1 amide bonds. The number of nitrogens with zero attached hydrogens (tertiary/aromatic N) is 3. The Bertz CT molecular complexity index is 1130. The quantitative estimate of drug-likeness (QED) is 0.365. The molecule has 3 aromatic rings. The zero-order valence-corrected chi connectivity index (χ0v) is 20.2. The predicted octanol–water partition coefficient (Wildman–Crippen LogP) is 4.72. The molecule has 0 aliphatic heterocycles. The lowest BCUT2D eigenvalue weighted by Crippen LogP contribution is -2.17. The Balaban J connectivity index is 1.28. The number of carbonyl (C=O) groups excluding carboxylic acids is 2. The van der Waals surface area contributed by atoms with Crippen molar-refractivity contribution in [3.8, 4) is 0 Å². The average molecular weight is 489 g/mol. The van der Waals surface area contributed by atoms with Crippen LogP contribution in [0.2, 0.25) is 0 Å². The summed E-state index contributed by atoms with van der Waals surface area (Å²) in [6.45, 7) is 0. The van der Waals surface area contributed by atoms with Crippen molar-refractivity contribution in [2.75, 3.05) is 18.2 Å². The van der Waals surface area contributed by atoms with Crippen molar-refractivity contribution in [1.29, 1.82) is 0 Å². The first-order valence-electron chi connectivity index (χ1n) is 10.8. The van der Waals surface area contributed by atoms with Crippen LogP contribution in [0.25, 0.3) is 0 Å². The van der Waals surface area contributed by atoms with Crippen LogP contribution in [0.1, 0.15) is 63.2 Å². The third-order valence-electron chi connectivity index (χ3n) is 5.71. The van der Waals surface area contributed by atoms with Crippen LogP contribution in [0.15, 0.2) is 22.7 Å². The number of methoxy groups -OCH3 is 1. The highest BCUT2D eigenvalue weighted by Crippen LogP contribution is 2.40. The molecule has 0 unspecified atom stereocenters. The van der Waals surface area contributed by atoms with Crippen LogP contribution in [0.3, 0.4) is 0 Å². The van der Waals surface area contributed by atoms with Crippen molar-refractivity contribution in [2.24, 2.45) is 0 Å². The van der Waals surface area contributed by atoms with Gasteiger partial charge in [-0.3, -0.25) is 4.79 Å². The highest BCUT2D eigenvalue weighted by Gasteiger charge is 2.30. The standard InChI is InChI=1S/C22H24N4O3S3/c1-29-21(28)19-15-6-2-3-7-16(15)32-20(19)23-18(27)12-31-22-25-24-17(26(22)13-8-9-13)11-14-5-4-10-30-14/h4-5,10,13H,2-3,6-9,11-12H2,1H3,(H,23,27). The van der Waals surface area contributed by atoms with E-state index in [1.165, 1.54) is 40.0 Å². The summed E-state index contributed by atoms with van der Waals surface area (Å²) < 4.78 is 7.19. The van der Waals surface area contributed by atoms with Gasteiger partial charge in [0.25, 0.3) is 0 Å². The zero-order chi connectivity index (χ0) is 22.1. The van der Waals surface area contributed by atoms with Crippen molar-refractivity contribution in [3.05, 3.63) is 44.2 Å². The van der Waals surface area contributed by atoms with Crippen molar-refractivity contribution >= 4 is 51.3 Å². The van der Waals surface area contributed by atoms with Crippen molar-refractivity contribution < 1.29 is 14.3 Å². The molecule has 0 saturated heterocycles. The van der Waals surface area contributed by atoms with Crippen LogP contribution in [0.5, 0.6) is 0 Å². The third kappa shape index (κ3) is 4.49. The molecule has 0 aromatic carbocycles. The first kappa shape index (κ1) is 21.7. The van der Waals surface area contributed by atoms with E-state index in [-0.39, 0.29) is 17.6 Å². The lowest BCUT2D eigenvalue weighted by Gasteiger charge is -2.11. The molecule has 5 rings (SSSR count). The number of fused-ring (bicyclic) bond motifs is 1. The predicted molar refractivity (Wildman–Crippen MR) is 127 cm³/mol. The molecule has 1 N–H and O–H groups in total. The van der Waals surface area contributed by atoms with Gasteiger partial charge >= 0.3 is 5.97 Å². The maximum atomic E-state index is 12.8. The molecule has 0 spiro atoms. The van der Waals surface area contributed by atoms with E-state index in [2.05, 4.69) is 31.5 Å². The summed E-state index contributed by atoms with van der Waals surface area (Å²) in [4.78, 5) is 27.6. The van der Waals surface area contributed by atoms with E-state index in [9.17, 15) is 9.59 Å². The Labute approximate surface area is 198 Å². The fourth-order valence-corrected chi connectivity index (χ4v) is 6.88. The van der Waals surface area contributed by atoms with Gasteiger partial charge in [-0.1, -0.05) is 17.8 Å². The minimum absolute atomic E-state index is 0.149. The summed E-state index contributed by atoms with van der Waals surface area (Å²) in [5.41, 5.74) is 1.58. The number of carbonyl (C=O) groups is 2. The summed E-state index contributed by atoms with van der Waals surface area (Å²) in [7, 11) is 1.38. The maximum Gasteiger partial charge on any atom is 0.341 e. The highest BCUT2D eigenvalue weighted by molar-refractivity contribution is 7.99. The van der Waals surface area contributed by atoms with Crippen LogP contribution in [-0.2, 0) is 28.8 Å². The number of hydrogen-bond acceptors (Lipinski definition) is 8. The number of anilines is 1. The number of rotatable bonds is 8. The van der Waals surface area contributed by atoms with Crippen molar-refractivity contribution in [1.82, 2.24) is 14.8 Å². The second-order valence-electron chi connectivity index (χ2n) is 8.00. The summed E-state index contributed by atoms with van der Waals surface area (Å²) in [6, 6.07) is 4.58. The molecule has 1 fully saturated rings. The number of aryl methyl sites for hydroxylation is 1. The molecule has 7 nitrogen and oxygen atoms in total. The topological polar surface area (TPSA) is 86.1 Å². The summed E-state index contributed by atoms with van der Waals surface area (Å²) in [5.74, 6) is 0.646. The van der Waals surface area contributed by atoms with Crippen LogP contribution < -0.4 is 5.32 Å². The molecule has 2 aliphatic rings. The van der Waals surface area contributed by atoms with Gasteiger partial charge in [0, 0.05) is 22.2 Å². The van der Waals surface area contributed by atoms with Gasteiger partial charge < -0.3 is 14.6 Å². The SMILES string of the molecule is COC(=O)c1c(NC(=O)CSc2nnc(Cc3cccs3)n2C2CC2)sc2c1CCCC2. The molecular weight excluding hydrogens is 464 g/mol. The molecule has 168 valence electrons. The number of aromatic nitrogens is 3. The Morgan fingerprint density at radius 1 is 1.28 bits per heavy atom. The largest absolute Gasteiger partial charge is 0.465 e. The maximum absolute atomic E-state index is 12.8. The molecular formula is C22H24N4O3S3. The fourth-order valence-electron chi connectivity index (χ4n) is 4.06. The molecule has 10 heteroatoms. The third-order valence-corrected chi connectivity index (χ3v) is 8.73. The number of ether oxygens (including phenoxy) is 1. The summed E-state index contributed by atoms with van der Waals surface area (Å²) >= 11 is 4.62. The summed E-state index contributed by atoms with van der Waals surface area (Å²) in [6.07, 6.45) is 6.99. The normalized spacial score (nSPS) is 15.4. The van der Waals surface area contributed by atoms with E-state index in [4.69, 9.17) is 4.74 Å². The molecule has 0 bridgehead atoms. The van der Waals surface area contributed by atoms with Gasteiger partial charge in [0.15, 0.2) is 5.16 Å². The minimum Gasteiger partial charge on any atom is -0.465 e. The summed E-state index contributed by atoms with van der Waals surface area (Å²) in [5, 5.41) is 15.2. The first-order chi connectivity index (χ1) is 15.6. The highest BCUT2D eigenvalue weighted by atomic mass is 32.2. The lowest BCUT2D eigenvalue weighted by atomic mass is 9.95. The van der Waals surface area contributed by atoms with Crippen LogP contribution in [0.4, 0.5) is 5.00 Å². The van der Waals surface area contributed by atoms with Crippen molar-refractivity contribution in [3.63, 3.8) is 0 Å². The van der Waals surface area contributed by atoms with Crippen LogP contribution >= 0.6 is 34.4 Å². The monoisotopic (exact) mass is 488 g/mol. The van der Waals surface area contributed by atoms with Gasteiger partial charge in [0.05, 0.1) is 18.4 Å². The average Bonchev–Trinajstić information content (AvgIpc) is 3.20. The molecule has 3 heterocycles. The number of esters is 1. The lowest BCUT2D eigenvalue weighted by molar-refractivity contribution is -0.113. The van der Waals surface area contributed by atoms with Gasteiger partial charge in [0.1, 0.15) is 10.8 Å². The number of amides is 1. The number of thiophene rings is 2. The minimum atomic E-state index is -0.376. The second-order valence-corrected chi connectivity index (χ2v) is 11.1. The van der Waals surface area contributed by atoms with E-state index < -0.39 is 0 Å². The fraction of sp³-hybridized carbons (Fsp3) is 0.455. The Morgan fingerprint density at radius 3 is 2.88 bits per heavy atom. The Kier molecular flexibility index (Phi) is 6.34. The number of hydrogen-bond donors (Lipinski definition) is 1. The van der Waals surface area contributed by atoms with E-state index >= 15 is 0 Å². The smallest absolute Gasteiger partial charge is 0.341 e. The molecule has 1 saturated carbocycles. The van der Waals surface area contributed by atoms with E-state index in [0.717, 1.165) is 61.5 Å². The molecule has 3 aromatic heterocycles. The van der Waals surface area contributed by atoms with Gasteiger partial charge in [0.2, 0.25) is 5.91 Å². The number of thioether (sulfide) groups is 1. The molecule has 0 atom stereocenters. The van der Waals surface area contributed by atoms with Crippen LogP contribution in [-0.4, -0.2) is 39.5 Å². The van der Waals surface area contributed by atoms with Crippen molar-refractivity contribution in [2.45, 2.75) is 56.1 Å². The molecule has 2 aliphatic carbocycles. The Morgan fingerprint density at radius 2 is 2.12 bits per heavy atom. The van der Waals surface area contributed by atoms with Gasteiger partial charge in [-0.25, -0.2) is 4.79 Å². The van der Waals surface area contributed by atoms with E-state index in [0.29, 0.717) is 16.6 Å². The van der Waals surface area contributed by atoms with E-state index in [1.807, 2.05) is 6.07 Å². The van der Waals surface area contributed by atoms with Gasteiger partial charge in [-0.05, 0) is 55.5 Å².